The Labute approximate surface area is 65.9 Å². The third-order valence-corrected chi connectivity index (χ3v) is 2.48. The van der Waals surface area contributed by atoms with Gasteiger partial charge in [-0.15, -0.1) is 23.2 Å². The van der Waals surface area contributed by atoms with E-state index in [2.05, 4.69) is 4.90 Å². The van der Waals surface area contributed by atoms with Gasteiger partial charge in [0, 0.05) is 17.8 Å². The largest absolute Gasteiger partial charge is 0.298 e. The van der Waals surface area contributed by atoms with E-state index in [0.29, 0.717) is 17.8 Å². The van der Waals surface area contributed by atoms with Gasteiger partial charge in [-0.2, -0.15) is 0 Å². The predicted octanol–water partition coefficient (Wildman–Crippen LogP) is 1.54. The first-order valence-corrected chi connectivity index (χ1v) is 4.31. The quantitative estimate of drug-likeness (QED) is 0.577. The average molecular weight is 168 g/mol. The SMILES string of the molecule is ClCC(CCl)N1CCC1. The summed E-state index contributed by atoms with van der Waals surface area (Å²) in [6.45, 7) is 2.37. The Morgan fingerprint density at radius 2 is 1.78 bits per heavy atom. The molecule has 0 atom stereocenters. The molecule has 0 unspecified atom stereocenters. The van der Waals surface area contributed by atoms with Gasteiger partial charge in [0.15, 0.2) is 0 Å². The van der Waals surface area contributed by atoms with Crippen LogP contribution in [0.5, 0.6) is 0 Å². The summed E-state index contributed by atoms with van der Waals surface area (Å²) >= 11 is 11.3. The lowest BCUT2D eigenvalue weighted by Gasteiger charge is -2.36. The van der Waals surface area contributed by atoms with Crippen LogP contribution in [-0.4, -0.2) is 35.8 Å². The molecule has 3 heteroatoms. The van der Waals surface area contributed by atoms with Crippen LogP contribution in [0.1, 0.15) is 6.42 Å². The minimum Gasteiger partial charge on any atom is -0.298 e. The lowest BCUT2D eigenvalue weighted by molar-refractivity contribution is 0.142. The summed E-state index contributed by atoms with van der Waals surface area (Å²) in [5.41, 5.74) is 0. The molecule has 9 heavy (non-hydrogen) atoms. The van der Waals surface area contributed by atoms with Crippen molar-refractivity contribution < 1.29 is 0 Å². The van der Waals surface area contributed by atoms with E-state index >= 15 is 0 Å². The van der Waals surface area contributed by atoms with E-state index in [1.54, 1.807) is 0 Å². The number of alkyl halides is 2. The highest BCUT2D eigenvalue weighted by Gasteiger charge is 2.21. The maximum Gasteiger partial charge on any atom is 0.0391 e. The molecule has 0 spiro atoms. The molecular formula is C6H11Cl2N. The molecule has 0 N–H and O–H groups in total. The molecule has 1 aliphatic heterocycles. The minimum absolute atomic E-state index is 0.419. The van der Waals surface area contributed by atoms with Crippen LogP contribution in [0.2, 0.25) is 0 Å². The Bertz CT molecular complexity index is 79.1. The first-order valence-electron chi connectivity index (χ1n) is 3.24. The van der Waals surface area contributed by atoms with Crippen molar-refractivity contribution in [1.29, 1.82) is 0 Å². The molecule has 1 rings (SSSR count). The van der Waals surface area contributed by atoms with Crippen molar-refractivity contribution in [2.24, 2.45) is 0 Å². The summed E-state index contributed by atoms with van der Waals surface area (Å²) in [5, 5.41) is 0. The smallest absolute Gasteiger partial charge is 0.0391 e. The van der Waals surface area contributed by atoms with Crippen molar-refractivity contribution >= 4 is 23.2 Å². The second kappa shape index (κ2) is 3.65. The number of hydrogen-bond acceptors (Lipinski definition) is 1. The molecule has 0 aliphatic carbocycles. The summed E-state index contributed by atoms with van der Waals surface area (Å²) < 4.78 is 0. The van der Waals surface area contributed by atoms with Crippen LogP contribution in [-0.2, 0) is 0 Å². The van der Waals surface area contributed by atoms with Crippen molar-refractivity contribution in [2.45, 2.75) is 12.5 Å². The van der Waals surface area contributed by atoms with Crippen LogP contribution >= 0.6 is 23.2 Å². The van der Waals surface area contributed by atoms with Crippen molar-refractivity contribution in [3.63, 3.8) is 0 Å². The van der Waals surface area contributed by atoms with Crippen molar-refractivity contribution in [1.82, 2.24) is 4.90 Å². The molecule has 0 saturated carbocycles. The lowest BCUT2D eigenvalue weighted by Crippen LogP contribution is -2.46. The van der Waals surface area contributed by atoms with E-state index in [4.69, 9.17) is 23.2 Å². The van der Waals surface area contributed by atoms with Gasteiger partial charge in [0.1, 0.15) is 0 Å². The summed E-state index contributed by atoms with van der Waals surface area (Å²) in [4.78, 5) is 2.32. The zero-order valence-corrected chi connectivity index (χ0v) is 6.83. The molecule has 1 saturated heterocycles. The normalized spacial score (nSPS) is 20.3. The van der Waals surface area contributed by atoms with Crippen molar-refractivity contribution in [2.75, 3.05) is 24.8 Å². The highest BCUT2D eigenvalue weighted by atomic mass is 35.5. The number of nitrogens with zero attached hydrogens (tertiary/aromatic N) is 1. The first-order chi connectivity index (χ1) is 4.38. The van der Waals surface area contributed by atoms with E-state index in [0.717, 1.165) is 0 Å². The Kier molecular flexibility index (Phi) is 3.10. The van der Waals surface area contributed by atoms with Gasteiger partial charge in [-0.05, 0) is 19.5 Å². The summed E-state index contributed by atoms with van der Waals surface area (Å²) in [5.74, 6) is 1.34. The first kappa shape index (κ1) is 7.64. The van der Waals surface area contributed by atoms with Crippen LogP contribution in [0.4, 0.5) is 0 Å². The second-order valence-electron chi connectivity index (χ2n) is 2.35. The molecule has 0 bridgehead atoms. The Morgan fingerprint density at radius 1 is 1.22 bits per heavy atom. The highest BCUT2D eigenvalue weighted by molar-refractivity contribution is 6.21. The van der Waals surface area contributed by atoms with Crippen LogP contribution < -0.4 is 0 Å². The van der Waals surface area contributed by atoms with E-state index < -0.39 is 0 Å². The molecule has 0 radical (unpaired) electrons. The van der Waals surface area contributed by atoms with Gasteiger partial charge in [0.2, 0.25) is 0 Å². The fourth-order valence-corrected chi connectivity index (χ4v) is 1.66. The Hall–Kier alpha value is 0.540. The third-order valence-electron chi connectivity index (χ3n) is 1.76. The van der Waals surface area contributed by atoms with Crippen LogP contribution in [0.15, 0.2) is 0 Å². The van der Waals surface area contributed by atoms with Gasteiger partial charge in [-0.1, -0.05) is 0 Å². The van der Waals surface area contributed by atoms with Gasteiger partial charge in [-0.25, -0.2) is 0 Å². The molecule has 1 aliphatic rings. The third kappa shape index (κ3) is 1.73. The maximum absolute atomic E-state index is 5.65. The monoisotopic (exact) mass is 167 g/mol. The summed E-state index contributed by atoms with van der Waals surface area (Å²) in [6, 6.07) is 0.419. The lowest BCUT2D eigenvalue weighted by atomic mass is 10.2. The number of likely N-dealkylation sites (tertiary alicyclic amines) is 1. The Morgan fingerprint density at radius 3 is 1.89 bits per heavy atom. The molecular weight excluding hydrogens is 157 g/mol. The summed E-state index contributed by atoms with van der Waals surface area (Å²) in [6.07, 6.45) is 1.31. The number of rotatable bonds is 3. The van der Waals surface area contributed by atoms with Crippen molar-refractivity contribution in [3.8, 4) is 0 Å². The summed E-state index contributed by atoms with van der Waals surface area (Å²) in [7, 11) is 0. The zero-order chi connectivity index (χ0) is 6.69. The molecule has 54 valence electrons. The Balaban J connectivity index is 2.19. The number of halogens is 2. The van der Waals surface area contributed by atoms with E-state index in [1.807, 2.05) is 0 Å². The minimum atomic E-state index is 0.419. The number of hydrogen-bond donors (Lipinski definition) is 0. The molecule has 1 nitrogen and oxygen atoms in total. The predicted molar refractivity (Wildman–Crippen MR) is 41.4 cm³/mol. The second-order valence-corrected chi connectivity index (χ2v) is 2.97. The molecule has 0 aromatic rings. The molecule has 1 fully saturated rings. The van der Waals surface area contributed by atoms with Crippen LogP contribution in [0, 0.1) is 0 Å². The molecule has 1 heterocycles. The van der Waals surface area contributed by atoms with E-state index in [1.165, 1.54) is 19.5 Å². The van der Waals surface area contributed by atoms with E-state index in [9.17, 15) is 0 Å². The standard InChI is InChI=1S/C6H11Cl2N/c7-4-6(5-8)9-2-1-3-9/h6H,1-5H2. The van der Waals surface area contributed by atoms with Gasteiger partial charge in [0.25, 0.3) is 0 Å². The highest BCUT2D eigenvalue weighted by Crippen LogP contribution is 2.13. The van der Waals surface area contributed by atoms with E-state index in [-0.39, 0.29) is 0 Å². The van der Waals surface area contributed by atoms with Crippen LogP contribution in [0.3, 0.4) is 0 Å². The van der Waals surface area contributed by atoms with Gasteiger partial charge < -0.3 is 0 Å². The van der Waals surface area contributed by atoms with Gasteiger partial charge >= 0.3 is 0 Å². The van der Waals surface area contributed by atoms with Crippen molar-refractivity contribution in [3.05, 3.63) is 0 Å². The zero-order valence-electron chi connectivity index (χ0n) is 5.32. The molecule has 0 aromatic carbocycles. The van der Waals surface area contributed by atoms with Gasteiger partial charge in [-0.3, -0.25) is 4.90 Å². The fourth-order valence-electron chi connectivity index (χ4n) is 0.942. The molecule has 0 aromatic heterocycles. The maximum atomic E-state index is 5.65. The average Bonchev–Trinajstić information content (AvgIpc) is 1.78. The fraction of sp³-hybridized carbons (Fsp3) is 1.00. The topological polar surface area (TPSA) is 3.24 Å². The van der Waals surface area contributed by atoms with Crippen LogP contribution in [0.25, 0.3) is 0 Å². The van der Waals surface area contributed by atoms with Gasteiger partial charge in [0.05, 0.1) is 0 Å². The molecule has 0 amide bonds.